The summed E-state index contributed by atoms with van der Waals surface area (Å²) in [5.74, 6) is -1.68. The summed E-state index contributed by atoms with van der Waals surface area (Å²) in [5.41, 5.74) is 0.698. The third kappa shape index (κ3) is 4.51. The van der Waals surface area contributed by atoms with Crippen molar-refractivity contribution in [2.45, 2.75) is 6.10 Å². The van der Waals surface area contributed by atoms with Gasteiger partial charge in [0.25, 0.3) is 5.91 Å². The summed E-state index contributed by atoms with van der Waals surface area (Å²) >= 11 is 0. The summed E-state index contributed by atoms with van der Waals surface area (Å²) in [4.78, 5) is 28.9. The van der Waals surface area contributed by atoms with Gasteiger partial charge in [-0.1, -0.05) is 12.1 Å². The maximum absolute atomic E-state index is 13.4. The van der Waals surface area contributed by atoms with Gasteiger partial charge in [-0.2, -0.15) is 0 Å². The zero-order valence-electron chi connectivity index (χ0n) is 16.1. The van der Waals surface area contributed by atoms with E-state index in [0.29, 0.717) is 37.7 Å². The Bertz CT molecular complexity index is 929. The molecule has 1 fully saturated rings. The van der Waals surface area contributed by atoms with Crippen LogP contribution < -0.4 is 15.0 Å². The summed E-state index contributed by atoms with van der Waals surface area (Å²) in [6, 6.07) is 9.93. The molecule has 2 aliphatic heterocycles. The lowest BCUT2D eigenvalue weighted by Gasteiger charge is -2.38. The Morgan fingerprint density at radius 2 is 1.77 bits per heavy atom. The SMILES string of the molecule is O=C(CN1C[C@@H](C(=O)N2CCOCC2)Oc2ccccc21)Nc1cc(F)cc(F)c1. The molecule has 0 unspecified atom stereocenters. The van der Waals surface area contributed by atoms with E-state index in [1.54, 1.807) is 34.1 Å². The highest BCUT2D eigenvalue weighted by Gasteiger charge is 2.34. The topological polar surface area (TPSA) is 71.1 Å². The van der Waals surface area contributed by atoms with Crippen LogP contribution >= 0.6 is 0 Å². The van der Waals surface area contributed by atoms with Gasteiger partial charge in [-0.05, 0) is 24.3 Å². The maximum atomic E-state index is 13.4. The van der Waals surface area contributed by atoms with E-state index < -0.39 is 23.6 Å². The zero-order chi connectivity index (χ0) is 21.1. The minimum Gasteiger partial charge on any atom is -0.477 e. The van der Waals surface area contributed by atoms with Gasteiger partial charge in [0.1, 0.15) is 17.4 Å². The molecule has 2 amide bonds. The second-order valence-electron chi connectivity index (χ2n) is 7.10. The Hall–Kier alpha value is -3.20. The molecule has 0 aliphatic carbocycles. The molecule has 0 aromatic heterocycles. The molecule has 1 saturated heterocycles. The highest BCUT2D eigenvalue weighted by Crippen LogP contribution is 2.33. The van der Waals surface area contributed by atoms with Crippen LogP contribution in [0.2, 0.25) is 0 Å². The Balaban J connectivity index is 1.49. The minimum atomic E-state index is -0.779. The predicted molar refractivity (Wildman–Crippen MR) is 105 cm³/mol. The number of nitrogens with one attached hydrogen (secondary N) is 1. The summed E-state index contributed by atoms with van der Waals surface area (Å²) in [7, 11) is 0. The smallest absolute Gasteiger partial charge is 0.265 e. The van der Waals surface area contributed by atoms with Gasteiger partial charge < -0.3 is 24.6 Å². The lowest BCUT2D eigenvalue weighted by atomic mass is 10.1. The number of para-hydroxylation sites is 2. The molecule has 0 saturated carbocycles. The lowest BCUT2D eigenvalue weighted by Crippen LogP contribution is -2.53. The lowest BCUT2D eigenvalue weighted by molar-refractivity contribution is -0.142. The van der Waals surface area contributed by atoms with Gasteiger partial charge in [-0.15, -0.1) is 0 Å². The molecule has 158 valence electrons. The van der Waals surface area contributed by atoms with Crippen molar-refractivity contribution in [1.82, 2.24) is 4.90 Å². The number of carbonyl (C=O) groups is 2. The Morgan fingerprint density at radius 3 is 2.50 bits per heavy atom. The van der Waals surface area contributed by atoms with Crippen molar-refractivity contribution in [1.29, 1.82) is 0 Å². The van der Waals surface area contributed by atoms with Crippen molar-refractivity contribution in [2.24, 2.45) is 0 Å². The largest absolute Gasteiger partial charge is 0.477 e. The van der Waals surface area contributed by atoms with E-state index in [4.69, 9.17) is 9.47 Å². The number of amides is 2. The zero-order valence-corrected chi connectivity index (χ0v) is 16.1. The first-order valence-electron chi connectivity index (χ1n) is 9.63. The number of carbonyl (C=O) groups excluding carboxylic acids is 2. The molecule has 1 atom stereocenters. The quantitative estimate of drug-likeness (QED) is 0.825. The first-order valence-corrected chi connectivity index (χ1v) is 9.63. The fourth-order valence-corrected chi connectivity index (χ4v) is 3.57. The van der Waals surface area contributed by atoms with Crippen molar-refractivity contribution >= 4 is 23.2 Å². The van der Waals surface area contributed by atoms with Gasteiger partial charge in [0, 0.05) is 24.8 Å². The van der Waals surface area contributed by atoms with Crippen LogP contribution in [0, 0.1) is 11.6 Å². The molecule has 2 aromatic rings. The van der Waals surface area contributed by atoms with Gasteiger partial charge in [0.15, 0.2) is 6.10 Å². The van der Waals surface area contributed by atoms with Crippen LogP contribution in [-0.4, -0.2) is 62.2 Å². The molecule has 7 nitrogen and oxygen atoms in total. The average Bonchev–Trinajstić information content (AvgIpc) is 2.73. The van der Waals surface area contributed by atoms with Crippen LogP contribution in [0.3, 0.4) is 0 Å². The number of hydrogen-bond acceptors (Lipinski definition) is 5. The molecule has 2 aromatic carbocycles. The minimum absolute atomic E-state index is 0.0278. The number of anilines is 2. The molecule has 2 aliphatic rings. The second kappa shape index (κ2) is 8.66. The fraction of sp³-hybridized carbons (Fsp3) is 0.333. The molecule has 0 spiro atoms. The van der Waals surface area contributed by atoms with Crippen LogP contribution in [-0.2, 0) is 14.3 Å². The molecule has 4 rings (SSSR count). The van der Waals surface area contributed by atoms with Crippen molar-refractivity contribution in [3.8, 4) is 5.75 Å². The van der Waals surface area contributed by atoms with Gasteiger partial charge >= 0.3 is 0 Å². The van der Waals surface area contributed by atoms with Gasteiger partial charge in [0.05, 0.1) is 32.0 Å². The van der Waals surface area contributed by atoms with Crippen LogP contribution in [0.4, 0.5) is 20.2 Å². The number of halogens is 2. The summed E-state index contributed by atoms with van der Waals surface area (Å²) < 4.78 is 38.0. The monoisotopic (exact) mass is 417 g/mol. The van der Waals surface area contributed by atoms with Crippen LogP contribution in [0.5, 0.6) is 5.75 Å². The third-order valence-electron chi connectivity index (χ3n) is 4.94. The summed E-state index contributed by atoms with van der Waals surface area (Å²) in [6.07, 6.45) is -0.766. The summed E-state index contributed by atoms with van der Waals surface area (Å²) in [6.45, 7) is 2.01. The number of benzene rings is 2. The van der Waals surface area contributed by atoms with E-state index in [0.717, 1.165) is 18.2 Å². The van der Waals surface area contributed by atoms with E-state index in [1.807, 2.05) is 0 Å². The first kappa shape index (κ1) is 20.1. The van der Waals surface area contributed by atoms with Gasteiger partial charge in [0.2, 0.25) is 5.91 Å². The highest BCUT2D eigenvalue weighted by molar-refractivity contribution is 5.95. The van der Waals surface area contributed by atoms with Crippen molar-refractivity contribution in [2.75, 3.05) is 49.6 Å². The predicted octanol–water partition coefficient (Wildman–Crippen LogP) is 2.03. The molecular weight excluding hydrogens is 396 g/mol. The highest BCUT2D eigenvalue weighted by atomic mass is 19.1. The van der Waals surface area contributed by atoms with Crippen LogP contribution in [0.15, 0.2) is 42.5 Å². The van der Waals surface area contributed by atoms with Crippen molar-refractivity contribution in [3.05, 3.63) is 54.1 Å². The maximum Gasteiger partial charge on any atom is 0.265 e. The van der Waals surface area contributed by atoms with Gasteiger partial charge in [-0.25, -0.2) is 8.78 Å². The van der Waals surface area contributed by atoms with E-state index in [9.17, 15) is 18.4 Å². The number of ether oxygens (including phenoxy) is 2. The Kier molecular flexibility index (Phi) is 5.80. The number of hydrogen-bond donors (Lipinski definition) is 1. The molecule has 0 bridgehead atoms. The normalized spacial score (nSPS) is 18.4. The number of rotatable bonds is 4. The van der Waals surface area contributed by atoms with Crippen LogP contribution in [0.25, 0.3) is 0 Å². The molecule has 30 heavy (non-hydrogen) atoms. The molecule has 2 heterocycles. The van der Waals surface area contributed by atoms with Crippen molar-refractivity contribution in [3.63, 3.8) is 0 Å². The molecule has 0 radical (unpaired) electrons. The third-order valence-corrected chi connectivity index (χ3v) is 4.94. The Morgan fingerprint density at radius 1 is 1.07 bits per heavy atom. The Labute approximate surface area is 172 Å². The number of fused-ring (bicyclic) bond motifs is 1. The average molecular weight is 417 g/mol. The number of morpholine rings is 1. The van der Waals surface area contributed by atoms with E-state index in [2.05, 4.69) is 5.32 Å². The standard InChI is InChI=1S/C21H21F2N3O4/c22-14-9-15(23)11-16(10-14)24-20(27)13-26-12-19(21(28)25-5-7-29-8-6-25)30-18-4-2-1-3-17(18)26/h1-4,9-11,19H,5-8,12-13H2,(H,24,27)/t19-/m0/s1. The van der Waals surface area contributed by atoms with E-state index in [-0.39, 0.29) is 24.7 Å². The summed E-state index contributed by atoms with van der Waals surface area (Å²) in [5, 5.41) is 2.50. The fourth-order valence-electron chi connectivity index (χ4n) is 3.57. The molecular formula is C21H21F2N3O4. The molecule has 1 N–H and O–H groups in total. The first-order chi connectivity index (χ1) is 14.5. The number of nitrogens with zero attached hydrogens (tertiary/aromatic N) is 2. The van der Waals surface area contributed by atoms with Gasteiger partial charge in [-0.3, -0.25) is 9.59 Å². The van der Waals surface area contributed by atoms with E-state index in [1.165, 1.54) is 0 Å². The van der Waals surface area contributed by atoms with Crippen LogP contribution in [0.1, 0.15) is 0 Å². The molecule has 9 heteroatoms. The van der Waals surface area contributed by atoms with E-state index >= 15 is 0 Å². The second-order valence-corrected chi connectivity index (χ2v) is 7.10. The van der Waals surface area contributed by atoms with Crippen molar-refractivity contribution < 1.29 is 27.8 Å².